The van der Waals surface area contributed by atoms with Crippen LogP contribution in [0.1, 0.15) is 25.1 Å². The van der Waals surface area contributed by atoms with Gasteiger partial charge in [-0.1, -0.05) is 0 Å². The van der Waals surface area contributed by atoms with E-state index in [0.29, 0.717) is 16.7 Å². The third-order valence-corrected chi connectivity index (χ3v) is 3.71. The Hall–Kier alpha value is -1.88. The Morgan fingerprint density at radius 3 is 3.10 bits per heavy atom. The van der Waals surface area contributed by atoms with Crippen LogP contribution in [-0.2, 0) is 4.79 Å². The van der Waals surface area contributed by atoms with Gasteiger partial charge in [0, 0.05) is 11.9 Å². The molecule has 1 amide bonds. The first-order valence-electron chi connectivity index (χ1n) is 6.83. The molecule has 106 valence electrons. The van der Waals surface area contributed by atoms with Crippen molar-refractivity contribution in [2.24, 2.45) is 5.92 Å². The standard InChI is InChI=1S/C15H17FN2O2/c1-9(18-15(19)10-4-5-17-8-10)14-7-11-6-12(16)2-3-13(11)20-14/h2-3,6-7,9-10,17H,4-5,8H2,1H3,(H,18,19)/t9-,10?/m1/s1. The second-order valence-electron chi connectivity index (χ2n) is 5.25. The highest BCUT2D eigenvalue weighted by Crippen LogP contribution is 2.25. The number of fused-ring (bicyclic) bond motifs is 1. The van der Waals surface area contributed by atoms with Gasteiger partial charge < -0.3 is 15.1 Å². The molecule has 1 saturated heterocycles. The average molecular weight is 276 g/mol. The second-order valence-corrected chi connectivity index (χ2v) is 5.25. The number of rotatable bonds is 3. The summed E-state index contributed by atoms with van der Waals surface area (Å²) in [7, 11) is 0. The maximum Gasteiger partial charge on any atom is 0.225 e. The quantitative estimate of drug-likeness (QED) is 0.905. The monoisotopic (exact) mass is 276 g/mol. The van der Waals surface area contributed by atoms with Crippen LogP contribution < -0.4 is 10.6 Å². The van der Waals surface area contributed by atoms with Crippen molar-refractivity contribution in [3.8, 4) is 0 Å². The van der Waals surface area contributed by atoms with Gasteiger partial charge in [0.25, 0.3) is 0 Å². The van der Waals surface area contributed by atoms with Gasteiger partial charge in [0.15, 0.2) is 0 Å². The molecule has 2 atom stereocenters. The zero-order valence-corrected chi connectivity index (χ0v) is 11.3. The van der Waals surface area contributed by atoms with Crippen LogP contribution >= 0.6 is 0 Å². The molecule has 0 aliphatic carbocycles. The highest BCUT2D eigenvalue weighted by molar-refractivity contribution is 5.80. The number of furan rings is 1. The van der Waals surface area contributed by atoms with E-state index >= 15 is 0 Å². The fraction of sp³-hybridized carbons (Fsp3) is 0.400. The summed E-state index contributed by atoms with van der Waals surface area (Å²) < 4.78 is 18.8. The summed E-state index contributed by atoms with van der Waals surface area (Å²) in [5, 5.41) is 6.83. The lowest BCUT2D eigenvalue weighted by molar-refractivity contribution is -0.125. The molecule has 0 bridgehead atoms. The van der Waals surface area contributed by atoms with Crippen LogP contribution in [0.2, 0.25) is 0 Å². The number of carbonyl (C=O) groups is 1. The van der Waals surface area contributed by atoms with Crippen LogP contribution in [0.5, 0.6) is 0 Å². The molecule has 3 rings (SSSR count). The van der Waals surface area contributed by atoms with Gasteiger partial charge >= 0.3 is 0 Å². The van der Waals surface area contributed by atoms with Crippen molar-refractivity contribution < 1.29 is 13.6 Å². The SMILES string of the molecule is C[C@@H](NC(=O)C1CCNC1)c1cc2cc(F)ccc2o1. The summed E-state index contributed by atoms with van der Waals surface area (Å²) in [5.74, 6) is 0.414. The predicted molar refractivity (Wildman–Crippen MR) is 73.7 cm³/mol. The molecule has 4 nitrogen and oxygen atoms in total. The highest BCUT2D eigenvalue weighted by Gasteiger charge is 2.24. The average Bonchev–Trinajstić information content (AvgIpc) is 3.07. The number of halogens is 1. The van der Waals surface area contributed by atoms with Gasteiger partial charge in [0.05, 0.1) is 12.0 Å². The van der Waals surface area contributed by atoms with Gasteiger partial charge in [-0.15, -0.1) is 0 Å². The molecule has 1 unspecified atom stereocenters. The molecule has 1 aromatic heterocycles. The topological polar surface area (TPSA) is 54.3 Å². The van der Waals surface area contributed by atoms with E-state index < -0.39 is 0 Å². The molecule has 1 aromatic carbocycles. The first kappa shape index (κ1) is 13.1. The van der Waals surface area contributed by atoms with Crippen molar-refractivity contribution >= 4 is 16.9 Å². The van der Waals surface area contributed by atoms with Crippen LogP contribution in [0.4, 0.5) is 4.39 Å². The minimum absolute atomic E-state index is 0.0271. The van der Waals surface area contributed by atoms with Crippen LogP contribution in [0, 0.1) is 11.7 Å². The maximum atomic E-state index is 13.1. The van der Waals surface area contributed by atoms with E-state index in [4.69, 9.17) is 4.42 Å². The predicted octanol–water partition coefficient (Wildman–Crippen LogP) is 2.36. The van der Waals surface area contributed by atoms with Gasteiger partial charge in [-0.3, -0.25) is 4.79 Å². The summed E-state index contributed by atoms with van der Waals surface area (Å²) in [6.07, 6.45) is 0.865. The number of carbonyl (C=O) groups excluding carboxylic acids is 1. The second kappa shape index (κ2) is 5.25. The van der Waals surface area contributed by atoms with Crippen molar-refractivity contribution in [3.63, 3.8) is 0 Å². The van der Waals surface area contributed by atoms with Crippen molar-refractivity contribution in [3.05, 3.63) is 35.8 Å². The van der Waals surface area contributed by atoms with E-state index in [1.807, 2.05) is 6.92 Å². The van der Waals surface area contributed by atoms with Crippen LogP contribution in [-0.4, -0.2) is 19.0 Å². The Kier molecular flexibility index (Phi) is 3.44. The van der Waals surface area contributed by atoms with E-state index in [1.165, 1.54) is 12.1 Å². The smallest absolute Gasteiger partial charge is 0.225 e. The summed E-state index contributed by atoms with van der Waals surface area (Å²) in [6.45, 7) is 3.48. The van der Waals surface area contributed by atoms with Gasteiger partial charge in [0.1, 0.15) is 17.2 Å². The van der Waals surface area contributed by atoms with Crippen LogP contribution in [0.15, 0.2) is 28.7 Å². The van der Waals surface area contributed by atoms with Gasteiger partial charge in [0.2, 0.25) is 5.91 Å². The number of hydrogen-bond donors (Lipinski definition) is 2. The minimum atomic E-state index is -0.293. The summed E-state index contributed by atoms with van der Waals surface area (Å²) >= 11 is 0. The third-order valence-electron chi connectivity index (χ3n) is 3.71. The summed E-state index contributed by atoms with van der Waals surface area (Å²) in [5.41, 5.74) is 0.630. The van der Waals surface area contributed by atoms with E-state index in [0.717, 1.165) is 19.5 Å². The largest absolute Gasteiger partial charge is 0.459 e. The lowest BCUT2D eigenvalue weighted by Crippen LogP contribution is -2.33. The van der Waals surface area contributed by atoms with Gasteiger partial charge in [-0.2, -0.15) is 0 Å². The first-order chi connectivity index (χ1) is 9.63. The molecule has 5 heteroatoms. The third kappa shape index (κ3) is 2.54. The molecule has 1 fully saturated rings. The van der Waals surface area contributed by atoms with E-state index in [1.54, 1.807) is 12.1 Å². The molecule has 20 heavy (non-hydrogen) atoms. The number of hydrogen-bond acceptors (Lipinski definition) is 3. The van der Waals surface area contributed by atoms with Crippen LogP contribution in [0.3, 0.4) is 0 Å². The maximum absolute atomic E-state index is 13.1. The molecule has 0 saturated carbocycles. The lowest BCUT2D eigenvalue weighted by Gasteiger charge is -2.14. The van der Waals surface area contributed by atoms with Crippen molar-refractivity contribution in [2.75, 3.05) is 13.1 Å². The molecule has 0 radical (unpaired) electrons. The Balaban J connectivity index is 1.74. The Morgan fingerprint density at radius 2 is 2.35 bits per heavy atom. The van der Waals surface area contributed by atoms with Gasteiger partial charge in [-0.25, -0.2) is 4.39 Å². The highest BCUT2D eigenvalue weighted by atomic mass is 19.1. The number of nitrogens with one attached hydrogen (secondary N) is 2. The minimum Gasteiger partial charge on any atom is -0.459 e. The lowest BCUT2D eigenvalue weighted by atomic mass is 10.1. The van der Waals surface area contributed by atoms with E-state index in [9.17, 15) is 9.18 Å². The Bertz CT molecular complexity index is 632. The zero-order valence-electron chi connectivity index (χ0n) is 11.3. The number of benzene rings is 1. The molecule has 1 aliphatic rings. The van der Waals surface area contributed by atoms with Crippen molar-refractivity contribution in [1.82, 2.24) is 10.6 Å². The first-order valence-corrected chi connectivity index (χ1v) is 6.83. The molecule has 0 spiro atoms. The summed E-state index contributed by atoms with van der Waals surface area (Å²) in [4.78, 5) is 12.0. The molecule has 2 N–H and O–H groups in total. The fourth-order valence-electron chi connectivity index (χ4n) is 2.53. The normalized spacial score (nSPS) is 20.2. The van der Waals surface area contributed by atoms with Gasteiger partial charge in [-0.05, 0) is 44.2 Å². The molecule has 1 aliphatic heterocycles. The van der Waals surface area contributed by atoms with Crippen molar-refractivity contribution in [1.29, 1.82) is 0 Å². The van der Waals surface area contributed by atoms with E-state index in [-0.39, 0.29) is 23.7 Å². The molecule has 2 heterocycles. The fourth-order valence-corrected chi connectivity index (χ4v) is 2.53. The molecular weight excluding hydrogens is 259 g/mol. The van der Waals surface area contributed by atoms with E-state index in [2.05, 4.69) is 10.6 Å². The summed E-state index contributed by atoms with van der Waals surface area (Å²) in [6, 6.07) is 5.94. The van der Waals surface area contributed by atoms with Crippen LogP contribution in [0.25, 0.3) is 11.0 Å². The van der Waals surface area contributed by atoms with Crippen molar-refractivity contribution in [2.45, 2.75) is 19.4 Å². The number of amides is 1. The zero-order chi connectivity index (χ0) is 14.1. The Morgan fingerprint density at radius 1 is 1.50 bits per heavy atom. The molecule has 2 aromatic rings. The Labute approximate surface area is 116 Å². The molecular formula is C15H17FN2O2.